The van der Waals surface area contributed by atoms with E-state index in [0.29, 0.717) is 0 Å². The van der Waals surface area contributed by atoms with Crippen molar-refractivity contribution >= 4 is 17.6 Å². The van der Waals surface area contributed by atoms with Crippen LogP contribution in [0.5, 0.6) is 0 Å². The zero-order valence-electron chi connectivity index (χ0n) is 10.4. The number of carbonyl (C=O) groups is 1. The van der Waals surface area contributed by atoms with Crippen molar-refractivity contribution < 1.29 is 4.79 Å². The summed E-state index contributed by atoms with van der Waals surface area (Å²) in [5.74, 6) is 0. The molecule has 2 rings (SSSR count). The van der Waals surface area contributed by atoms with Crippen LogP contribution in [0.15, 0.2) is 24.3 Å². The fraction of sp³-hybridized carbons (Fsp3) is 0.462. The molecule has 1 aliphatic rings. The highest BCUT2D eigenvalue weighted by Gasteiger charge is 2.18. The third kappa shape index (κ3) is 3.37. The lowest BCUT2D eigenvalue weighted by Gasteiger charge is -2.18. The van der Waals surface area contributed by atoms with Crippen molar-refractivity contribution in [1.82, 2.24) is 15.5 Å². The standard InChI is InChI=1S/C13H18ClN3O/c1-10(11-3-2-4-12(14)9-11)15-5-7-17-8-6-16-13(17)18/h2-4,9-10,15H,5-8H2,1H3,(H,16,18). The van der Waals surface area contributed by atoms with Crippen LogP contribution in [0.25, 0.3) is 0 Å². The highest BCUT2D eigenvalue weighted by Crippen LogP contribution is 2.16. The van der Waals surface area contributed by atoms with Gasteiger partial charge in [-0.15, -0.1) is 0 Å². The van der Waals surface area contributed by atoms with Crippen LogP contribution >= 0.6 is 11.6 Å². The molecule has 0 aromatic heterocycles. The van der Waals surface area contributed by atoms with E-state index in [1.807, 2.05) is 29.2 Å². The van der Waals surface area contributed by atoms with E-state index in [2.05, 4.69) is 17.6 Å². The first-order valence-corrected chi connectivity index (χ1v) is 6.56. The summed E-state index contributed by atoms with van der Waals surface area (Å²) >= 11 is 5.96. The van der Waals surface area contributed by atoms with E-state index in [4.69, 9.17) is 11.6 Å². The van der Waals surface area contributed by atoms with Gasteiger partial charge in [0.25, 0.3) is 0 Å². The summed E-state index contributed by atoms with van der Waals surface area (Å²) in [6.07, 6.45) is 0. The fourth-order valence-electron chi connectivity index (χ4n) is 2.03. The largest absolute Gasteiger partial charge is 0.336 e. The maximum Gasteiger partial charge on any atom is 0.317 e. The molecule has 1 fully saturated rings. The smallest absolute Gasteiger partial charge is 0.317 e. The number of benzene rings is 1. The predicted octanol–water partition coefficient (Wildman–Crippen LogP) is 2.02. The number of hydrogen-bond acceptors (Lipinski definition) is 2. The molecular formula is C13H18ClN3O. The Kier molecular flexibility index (Phi) is 4.44. The lowest BCUT2D eigenvalue weighted by molar-refractivity contribution is 0.217. The summed E-state index contributed by atoms with van der Waals surface area (Å²) in [5.41, 5.74) is 1.16. The molecule has 1 saturated heterocycles. The van der Waals surface area contributed by atoms with Gasteiger partial charge < -0.3 is 15.5 Å². The molecule has 0 spiro atoms. The number of nitrogens with one attached hydrogen (secondary N) is 2. The average molecular weight is 268 g/mol. The second-order valence-electron chi connectivity index (χ2n) is 4.45. The summed E-state index contributed by atoms with van der Waals surface area (Å²) in [6, 6.07) is 8.09. The molecule has 2 N–H and O–H groups in total. The molecule has 0 bridgehead atoms. The zero-order chi connectivity index (χ0) is 13.0. The van der Waals surface area contributed by atoms with Crippen molar-refractivity contribution in [3.63, 3.8) is 0 Å². The minimum absolute atomic E-state index is 0.0345. The van der Waals surface area contributed by atoms with Crippen molar-refractivity contribution in [3.8, 4) is 0 Å². The maximum absolute atomic E-state index is 11.3. The lowest BCUT2D eigenvalue weighted by atomic mass is 10.1. The SMILES string of the molecule is CC(NCCN1CCNC1=O)c1cccc(Cl)c1. The number of halogens is 1. The number of amides is 2. The number of urea groups is 1. The predicted molar refractivity (Wildman–Crippen MR) is 72.8 cm³/mol. The number of carbonyl (C=O) groups excluding carboxylic acids is 1. The quantitative estimate of drug-likeness (QED) is 0.857. The van der Waals surface area contributed by atoms with E-state index in [1.54, 1.807) is 0 Å². The van der Waals surface area contributed by atoms with Crippen molar-refractivity contribution in [2.75, 3.05) is 26.2 Å². The molecule has 0 saturated carbocycles. The van der Waals surface area contributed by atoms with Crippen LogP contribution in [-0.2, 0) is 0 Å². The van der Waals surface area contributed by atoms with Crippen molar-refractivity contribution in [2.24, 2.45) is 0 Å². The van der Waals surface area contributed by atoms with Gasteiger partial charge in [0.2, 0.25) is 0 Å². The number of nitrogens with zero attached hydrogens (tertiary/aromatic N) is 1. The number of hydrogen-bond donors (Lipinski definition) is 2. The molecule has 1 aromatic rings. The monoisotopic (exact) mass is 267 g/mol. The molecule has 0 aliphatic carbocycles. The Morgan fingerprint density at radius 1 is 1.56 bits per heavy atom. The minimum atomic E-state index is 0.0345. The van der Waals surface area contributed by atoms with E-state index < -0.39 is 0 Å². The highest BCUT2D eigenvalue weighted by molar-refractivity contribution is 6.30. The molecule has 5 heteroatoms. The van der Waals surface area contributed by atoms with Gasteiger partial charge in [-0.25, -0.2) is 4.79 Å². The van der Waals surface area contributed by atoms with E-state index in [-0.39, 0.29) is 12.1 Å². The Labute approximate surface area is 112 Å². The molecule has 1 heterocycles. The van der Waals surface area contributed by atoms with Crippen LogP contribution in [0, 0.1) is 0 Å². The summed E-state index contributed by atoms with van der Waals surface area (Å²) in [6.45, 7) is 5.16. The van der Waals surface area contributed by atoms with Gasteiger partial charge in [-0.1, -0.05) is 23.7 Å². The summed E-state index contributed by atoms with van der Waals surface area (Å²) < 4.78 is 0. The topological polar surface area (TPSA) is 44.4 Å². The van der Waals surface area contributed by atoms with Crippen LogP contribution < -0.4 is 10.6 Å². The van der Waals surface area contributed by atoms with Gasteiger partial charge >= 0.3 is 6.03 Å². The fourth-order valence-corrected chi connectivity index (χ4v) is 2.23. The first kappa shape index (κ1) is 13.2. The Hall–Kier alpha value is -1.26. The van der Waals surface area contributed by atoms with E-state index >= 15 is 0 Å². The van der Waals surface area contributed by atoms with E-state index in [1.165, 1.54) is 0 Å². The molecule has 4 nitrogen and oxygen atoms in total. The van der Waals surface area contributed by atoms with Gasteiger partial charge in [0.05, 0.1) is 0 Å². The molecule has 18 heavy (non-hydrogen) atoms. The van der Waals surface area contributed by atoms with Gasteiger partial charge in [-0.2, -0.15) is 0 Å². The normalized spacial score (nSPS) is 16.8. The summed E-state index contributed by atoms with van der Waals surface area (Å²) in [7, 11) is 0. The van der Waals surface area contributed by atoms with E-state index in [0.717, 1.165) is 36.8 Å². The Bertz CT molecular complexity index is 424. The Morgan fingerprint density at radius 3 is 3.06 bits per heavy atom. The molecule has 0 radical (unpaired) electrons. The first-order chi connectivity index (χ1) is 8.66. The third-order valence-corrected chi connectivity index (χ3v) is 3.36. The number of rotatable bonds is 5. The molecule has 1 aromatic carbocycles. The van der Waals surface area contributed by atoms with Crippen molar-refractivity contribution in [3.05, 3.63) is 34.9 Å². The minimum Gasteiger partial charge on any atom is -0.336 e. The molecule has 1 aliphatic heterocycles. The Balaban J connectivity index is 1.78. The van der Waals surface area contributed by atoms with Gasteiger partial charge in [-0.3, -0.25) is 0 Å². The summed E-state index contributed by atoms with van der Waals surface area (Å²) in [5, 5.41) is 6.93. The van der Waals surface area contributed by atoms with Crippen LogP contribution in [0.4, 0.5) is 4.79 Å². The van der Waals surface area contributed by atoms with E-state index in [9.17, 15) is 4.79 Å². The second kappa shape index (κ2) is 6.07. The molecular weight excluding hydrogens is 250 g/mol. The van der Waals surface area contributed by atoms with Crippen LogP contribution in [0.2, 0.25) is 5.02 Å². The third-order valence-electron chi connectivity index (χ3n) is 3.13. The zero-order valence-corrected chi connectivity index (χ0v) is 11.2. The Morgan fingerprint density at radius 2 is 2.39 bits per heavy atom. The second-order valence-corrected chi connectivity index (χ2v) is 4.89. The van der Waals surface area contributed by atoms with Crippen LogP contribution in [0.3, 0.4) is 0 Å². The van der Waals surface area contributed by atoms with Crippen LogP contribution in [-0.4, -0.2) is 37.1 Å². The van der Waals surface area contributed by atoms with Gasteiger partial charge in [-0.05, 0) is 24.6 Å². The molecule has 1 atom stereocenters. The molecule has 2 amide bonds. The molecule has 1 unspecified atom stereocenters. The summed E-state index contributed by atoms with van der Waals surface area (Å²) in [4.78, 5) is 13.2. The van der Waals surface area contributed by atoms with Gasteiger partial charge in [0, 0.05) is 37.2 Å². The molecule has 98 valence electrons. The first-order valence-electron chi connectivity index (χ1n) is 6.18. The maximum atomic E-state index is 11.3. The average Bonchev–Trinajstić information content (AvgIpc) is 2.75. The van der Waals surface area contributed by atoms with Crippen molar-refractivity contribution in [1.29, 1.82) is 0 Å². The van der Waals surface area contributed by atoms with Gasteiger partial charge in [0.15, 0.2) is 0 Å². The van der Waals surface area contributed by atoms with Crippen molar-refractivity contribution in [2.45, 2.75) is 13.0 Å². The lowest BCUT2D eigenvalue weighted by Crippen LogP contribution is -2.35. The van der Waals surface area contributed by atoms with Crippen LogP contribution in [0.1, 0.15) is 18.5 Å². The highest BCUT2D eigenvalue weighted by atomic mass is 35.5. The van der Waals surface area contributed by atoms with Gasteiger partial charge in [0.1, 0.15) is 0 Å².